The maximum absolute atomic E-state index is 14.0. The van der Waals surface area contributed by atoms with Crippen LogP contribution in [0, 0.1) is 0 Å². The maximum Gasteiger partial charge on any atom is 0.345 e. The van der Waals surface area contributed by atoms with Crippen molar-refractivity contribution in [3.05, 3.63) is 119 Å². The fourth-order valence-corrected chi connectivity index (χ4v) is 6.59. The van der Waals surface area contributed by atoms with E-state index in [4.69, 9.17) is 25.8 Å². The first-order valence-corrected chi connectivity index (χ1v) is 14.4. The Morgan fingerprint density at radius 3 is 2.40 bits per heavy atom. The van der Waals surface area contributed by atoms with Gasteiger partial charge in [-0.25, -0.2) is 14.6 Å². The van der Waals surface area contributed by atoms with E-state index in [9.17, 15) is 19.5 Å². The summed E-state index contributed by atoms with van der Waals surface area (Å²) in [4.78, 5) is 44.3. The van der Waals surface area contributed by atoms with E-state index >= 15 is 0 Å². The zero-order valence-electron chi connectivity index (χ0n) is 23.7. The van der Waals surface area contributed by atoms with Crippen LogP contribution in [0.4, 0.5) is 0 Å². The van der Waals surface area contributed by atoms with Crippen LogP contribution in [-0.2, 0) is 10.3 Å². The van der Waals surface area contributed by atoms with Crippen molar-refractivity contribution in [2.45, 2.75) is 25.8 Å². The van der Waals surface area contributed by atoms with Crippen molar-refractivity contribution in [1.29, 1.82) is 0 Å². The topological polar surface area (TPSA) is 116 Å². The first kappa shape index (κ1) is 29.8. The van der Waals surface area contributed by atoms with E-state index in [1.165, 1.54) is 11.7 Å². The summed E-state index contributed by atoms with van der Waals surface area (Å²) in [5, 5.41) is 10.6. The Kier molecular flexibility index (Phi) is 8.25. The van der Waals surface area contributed by atoms with Gasteiger partial charge in [-0.2, -0.15) is 0 Å². The molecule has 0 radical (unpaired) electrons. The number of hydrogen-bond donors (Lipinski definition) is 1. The van der Waals surface area contributed by atoms with E-state index in [-0.39, 0.29) is 39.6 Å². The van der Waals surface area contributed by atoms with E-state index in [0.717, 1.165) is 11.3 Å². The molecule has 0 fully saturated rings. The molecule has 0 amide bonds. The lowest BCUT2D eigenvalue weighted by molar-refractivity contribution is -0.133. The molecular formula is C32H27ClN2O7S. The Bertz CT molecular complexity index is 1960. The van der Waals surface area contributed by atoms with E-state index in [2.05, 4.69) is 4.99 Å². The molecule has 1 N–H and O–H groups in total. The van der Waals surface area contributed by atoms with Gasteiger partial charge in [-0.3, -0.25) is 9.36 Å². The van der Waals surface area contributed by atoms with Crippen molar-refractivity contribution >= 4 is 41.0 Å². The number of benzene rings is 3. The Morgan fingerprint density at radius 1 is 1.05 bits per heavy atom. The van der Waals surface area contributed by atoms with Crippen LogP contribution in [0.2, 0.25) is 5.02 Å². The molecule has 2 heterocycles. The van der Waals surface area contributed by atoms with E-state index in [1.807, 2.05) is 6.92 Å². The molecule has 1 aromatic heterocycles. The van der Waals surface area contributed by atoms with Crippen LogP contribution in [0.3, 0.4) is 0 Å². The molecule has 1 aliphatic rings. The van der Waals surface area contributed by atoms with Gasteiger partial charge in [-0.15, -0.1) is 0 Å². The summed E-state index contributed by atoms with van der Waals surface area (Å²) in [5.41, 5.74) is 0.106. The van der Waals surface area contributed by atoms with Gasteiger partial charge in [-0.1, -0.05) is 60.2 Å². The number of hydrogen-bond acceptors (Lipinski definition) is 8. The summed E-state index contributed by atoms with van der Waals surface area (Å²) in [6.45, 7) is 3.48. The third kappa shape index (κ3) is 5.24. The molecule has 1 atom stereocenters. The number of nitrogens with zero attached hydrogens (tertiary/aromatic N) is 2. The van der Waals surface area contributed by atoms with Crippen molar-refractivity contribution in [1.82, 2.24) is 4.57 Å². The molecule has 11 heteroatoms. The number of carboxylic acid groups (broad SMARTS) is 1. The van der Waals surface area contributed by atoms with Gasteiger partial charge in [0.15, 0.2) is 16.3 Å². The Morgan fingerprint density at radius 2 is 1.77 bits per heavy atom. The van der Waals surface area contributed by atoms with E-state index < -0.39 is 17.5 Å². The molecule has 5 rings (SSSR count). The van der Waals surface area contributed by atoms with Gasteiger partial charge in [0.05, 0.1) is 40.6 Å². The monoisotopic (exact) mass is 618 g/mol. The number of carboxylic acids is 1. The van der Waals surface area contributed by atoms with Crippen molar-refractivity contribution in [3.8, 4) is 17.2 Å². The molecule has 43 heavy (non-hydrogen) atoms. The van der Waals surface area contributed by atoms with Crippen LogP contribution in [0.5, 0.6) is 17.2 Å². The fourth-order valence-electron chi connectivity index (χ4n) is 5.30. The predicted octanol–water partition coefficient (Wildman–Crippen LogP) is 4.77. The lowest BCUT2D eigenvalue weighted by atomic mass is 9.78. The van der Waals surface area contributed by atoms with Gasteiger partial charge in [0.1, 0.15) is 11.3 Å². The average Bonchev–Trinajstić information content (AvgIpc) is 3.31. The normalized spacial score (nSPS) is 16.3. The number of ether oxygens (including phenoxy) is 3. The highest BCUT2D eigenvalue weighted by molar-refractivity contribution is 7.07. The second-order valence-electron chi connectivity index (χ2n) is 9.63. The summed E-state index contributed by atoms with van der Waals surface area (Å²) >= 11 is 7.29. The van der Waals surface area contributed by atoms with Gasteiger partial charge in [0.25, 0.3) is 5.56 Å². The lowest BCUT2D eigenvalue weighted by Gasteiger charge is -2.37. The van der Waals surface area contributed by atoms with Gasteiger partial charge < -0.3 is 19.3 Å². The number of aliphatic carboxylic acids is 1. The zero-order valence-corrected chi connectivity index (χ0v) is 25.3. The largest absolute Gasteiger partial charge is 0.497 e. The second kappa shape index (κ2) is 11.9. The maximum atomic E-state index is 14.0. The smallest absolute Gasteiger partial charge is 0.345 e. The molecule has 0 spiro atoms. The van der Waals surface area contributed by atoms with Crippen LogP contribution >= 0.6 is 22.9 Å². The van der Waals surface area contributed by atoms with E-state index in [0.29, 0.717) is 31.9 Å². The third-order valence-corrected chi connectivity index (χ3v) is 8.60. The number of esters is 1. The summed E-state index contributed by atoms with van der Waals surface area (Å²) in [6.07, 6.45) is 1.95. The lowest BCUT2D eigenvalue weighted by Crippen LogP contribution is -2.52. The number of aromatic nitrogens is 1. The Labute approximate surface area is 255 Å². The first-order valence-electron chi connectivity index (χ1n) is 13.2. The van der Waals surface area contributed by atoms with Crippen LogP contribution in [0.1, 0.15) is 41.8 Å². The summed E-state index contributed by atoms with van der Waals surface area (Å²) in [5.74, 6) is -0.739. The van der Waals surface area contributed by atoms with Crippen molar-refractivity contribution in [2.75, 3.05) is 14.2 Å². The molecule has 3 aromatic carbocycles. The van der Waals surface area contributed by atoms with Crippen LogP contribution in [0.25, 0.3) is 6.08 Å². The number of allylic oxidation sites excluding steroid dienone is 1. The predicted molar refractivity (Wildman–Crippen MR) is 163 cm³/mol. The molecule has 1 aliphatic heterocycles. The highest BCUT2D eigenvalue weighted by atomic mass is 35.5. The highest BCUT2D eigenvalue weighted by Crippen LogP contribution is 2.40. The van der Waals surface area contributed by atoms with E-state index in [1.54, 1.807) is 86.8 Å². The molecule has 4 aromatic rings. The molecule has 0 saturated carbocycles. The zero-order chi connectivity index (χ0) is 30.9. The van der Waals surface area contributed by atoms with Gasteiger partial charge in [0.2, 0.25) is 0 Å². The number of carbonyl (C=O) groups is 2. The summed E-state index contributed by atoms with van der Waals surface area (Å²) < 4.78 is 18.1. The first-order chi connectivity index (χ1) is 20.6. The second-order valence-corrected chi connectivity index (χ2v) is 11.0. The van der Waals surface area contributed by atoms with Crippen molar-refractivity contribution in [2.24, 2.45) is 4.99 Å². The van der Waals surface area contributed by atoms with Crippen LogP contribution in [0.15, 0.2) is 87.8 Å². The SMILES string of the molecule is CCC1(c2ccc(OC)cc2)C(C(=O)O)=C(C)N=c2sc(=Cc3ccc(OC(=O)c4ccccc4Cl)c(OC)c3)c(=O)n21. The summed E-state index contributed by atoms with van der Waals surface area (Å²) in [6, 6.07) is 18.5. The van der Waals surface area contributed by atoms with Gasteiger partial charge >= 0.3 is 11.9 Å². The minimum absolute atomic E-state index is 0.0328. The molecule has 0 aliphatic carbocycles. The minimum atomic E-state index is -1.30. The third-order valence-electron chi connectivity index (χ3n) is 7.30. The number of halogens is 1. The highest BCUT2D eigenvalue weighted by Gasteiger charge is 2.45. The van der Waals surface area contributed by atoms with Gasteiger partial charge in [0, 0.05) is 0 Å². The van der Waals surface area contributed by atoms with Crippen molar-refractivity contribution < 1.29 is 28.9 Å². The number of rotatable bonds is 8. The van der Waals surface area contributed by atoms with Crippen molar-refractivity contribution in [3.63, 3.8) is 0 Å². The Hall–Kier alpha value is -4.67. The summed E-state index contributed by atoms with van der Waals surface area (Å²) in [7, 11) is 2.99. The number of fused-ring (bicyclic) bond motifs is 1. The quantitative estimate of drug-likeness (QED) is 0.223. The average molecular weight is 619 g/mol. The molecule has 9 nitrogen and oxygen atoms in total. The molecule has 220 valence electrons. The van der Waals surface area contributed by atoms with Gasteiger partial charge in [-0.05, 0) is 66.9 Å². The molecular weight excluding hydrogens is 592 g/mol. The molecule has 0 saturated heterocycles. The molecule has 0 bridgehead atoms. The molecule has 1 unspecified atom stereocenters. The van der Waals surface area contributed by atoms with Crippen LogP contribution < -0.4 is 29.1 Å². The fraction of sp³-hybridized carbons (Fsp3) is 0.188. The van der Waals surface area contributed by atoms with Crippen LogP contribution in [-0.4, -0.2) is 35.8 Å². The Balaban J connectivity index is 1.62. The minimum Gasteiger partial charge on any atom is -0.497 e. The number of thiazole rings is 1. The standard InChI is InChI=1S/C32H27ClN2O7S/c1-5-32(20-11-13-21(40-3)14-12-20)27(29(37)38)18(2)34-31-35(32)28(36)26(43-31)17-19-10-15-24(25(16-19)41-4)42-30(39)22-8-6-7-9-23(22)33/h6-17H,5H2,1-4H3,(H,37,38). The number of methoxy groups -OCH3 is 2. The number of carbonyl (C=O) groups excluding carboxylic acids is 1.